The highest BCUT2D eigenvalue weighted by Crippen LogP contribution is 2.35. The van der Waals surface area contributed by atoms with Crippen molar-refractivity contribution in [3.05, 3.63) is 0 Å². The smallest absolute Gasteiger partial charge is 0.344 e. The van der Waals surface area contributed by atoms with Gasteiger partial charge in [0.2, 0.25) is 0 Å². The van der Waals surface area contributed by atoms with Crippen molar-refractivity contribution in [2.45, 2.75) is 215 Å². The Labute approximate surface area is 405 Å². The van der Waals surface area contributed by atoms with E-state index in [0.717, 1.165) is 103 Å². The van der Waals surface area contributed by atoms with Gasteiger partial charge in [-0.3, -0.25) is 14.4 Å². The van der Waals surface area contributed by atoms with Crippen LogP contribution >= 0.6 is 0 Å². The molecule has 0 atom stereocenters. The van der Waals surface area contributed by atoms with Crippen LogP contribution in [0, 0.1) is 16.2 Å². The van der Waals surface area contributed by atoms with E-state index in [2.05, 4.69) is 0 Å². The van der Waals surface area contributed by atoms with Crippen molar-refractivity contribution in [1.82, 2.24) is 0 Å². The first kappa shape index (κ1) is 61.7. The average molecular weight is 971 g/mol. The van der Waals surface area contributed by atoms with Crippen molar-refractivity contribution in [3.8, 4) is 0 Å². The van der Waals surface area contributed by atoms with Crippen LogP contribution in [0.4, 0.5) is 0 Å². The van der Waals surface area contributed by atoms with E-state index in [1.54, 1.807) is 27.7 Å². The summed E-state index contributed by atoms with van der Waals surface area (Å²) >= 11 is 0. The zero-order valence-electron chi connectivity index (χ0n) is 43.6. The fourth-order valence-electron chi connectivity index (χ4n) is 7.21. The highest BCUT2D eigenvalue weighted by atomic mass is 16.6. The van der Waals surface area contributed by atoms with E-state index in [4.69, 9.17) is 42.6 Å². The zero-order chi connectivity index (χ0) is 51.7. The first-order valence-electron chi connectivity index (χ1n) is 24.8. The molecule has 68 heavy (non-hydrogen) atoms. The summed E-state index contributed by atoms with van der Waals surface area (Å²) in [6.45, 7) is 20.6. The van der Waals surface area contributed by atoms with Crippen LogP contribution in [0.2, 0.25) is 0 Å². The lowest BCUT2D eigenvalue weighted by molar-refractivity contribution is -0.176. The molecule has 392 valence electrons. The predicted molar refractivity (Wildman–Crippen MR) is 251 cm³/mol. The van der Waals surface area contributed by atoms with Gasteiger partial charge in [-0.25, -0.2) is 24.0 Å². The monoisotopic (exact) mass is 971 g/mol. The van der Waals surface area contributed by atoms with Gasteiger partial charge in [0.05, 0.1) is 22.9 Å². The van der Waals surface area contributed by atoms with Gasteiger partial charge in [0.25, 0.3) is 0 Å². The van der Waals surface area contributed by atoms with E-state index in [-0.39, 0.29) is 37.4 Å². The van der Waals surface area contributed by atoms with E-state index < -0.39 is 89.7 Å². The van der Waals surface area contributed by atoms with E-state index in [9.17, 15) is 38.4 Å². The summed E-state index contributed by atoms with van der Waals surface area (Å²) in [5, 5.41) is 0. The largest absolute Gasteiger partial charge is 0.463 e. The average Bonchev–Trinajstić information content (AvgIpc) is 3.74. The minimum absolute atomic E-state index is 0.0929. The molecule has 0 unspecified atom stereocenters. The molecule has 0 amide bonds. The molecular weight excluding hydrogens is 885 g/mol. The number of carbonyl (C=O) groups excluding carboxylic acids is 8. The molecule has 3 aliphatic carbocycles. The van der Waals surface area contributed by atoms with Crippen LogP contribution in [-0.2, 0) is 81.0 Å². The van der Waals surface area contributed by atoms with Crippen LogP contribution in [0.5, 0.6) is 0 Å². The number of ether oxygens (including phenoxy) is 9. The number of hydrogen-bond donors (Lipinski definition) is 0. The highest BCUT2D eigenvalue weighted by molar-refractivity contribution is 5.82. The molecule has 3 saturated carbocycles. The maximum Gasteiger partial charge on any atom is 0.344 e. The summed E-state index contributed by atoms with van der Waals surface area (Å²) < 4.78 is 46.1. The maximum absolute atomic E-state index is 11.9. The van der Waals surface area contributed by atoms with Gasteiger partial charge in [0, 0.05) is 0 Å². The molecule has 0 spiro atoms. The number of hydrogen-bond acceptors (Lipinski definition) is 17. The number of carbonyl (C=O) groups is 8. The molecule has 0 aromatic carbocycles. The van der Waals surface area contributed by atoms with Gasteiger partial charge in [-0.15, -0.1) is 0 Å². The Morgan fingerprint density at radius 2 is 0.706 bits per heavy atom. The van der Waals surface area contributed by atoms with Gasteiger partial charge in [0.1, 0.15) is 30.0 Å². The van der Waals surface area contributed by atoms with E-state index in [0.29, 0.717) is 12.8 Å². The maximum atomic E-state index is 11.9. The summed E-state index contributed by atoms with van der Waals surface area (Å²) in [7, 11) is 0. The third-order valence-corrected chi connectivity index (χ3v) is 13.4. The number of esters is 8. The van der Waals surface area contributed by atoms with Crippen molar-refractivity contribution in [1.29, 1.82) is 0 Å². The minimum Gasteiger partial charge on any atom is -0.463 e. The Balaban J connectivity index is 0.000000511. The standard InChI is InChI=1S/C18H30O6.C17H28O6.C16H28O5/c1-5-17(3,4)16(21)23-12-14(19)22-13-15(20)24-18(6-2)10-8-7-9-11-18;1-5-16(2,3)15(20)22-11-13(18)21-12-14(19)23-17(4)9-7-6-8-10-17;1-5-15(2,3)14(18)20-11-10-19-12-13(17)21-16(4)8-6-7-9-16/h5-13H2,1-4H3;5-12H2,1-4H3;5-12H2,1-4H3. The van der Waals surface area contributed by atoms with Crippen molar-refractivity contribution in [2.75, 3.05) is 46.2 Å². The van der Waals surface area contributed by atoms with Crippen molar-refractivity contribution < 1.29 is 81.0 Å². The molecule has 0 aromatic rings. The topological polar surface area (TPSA) is 220 Å². The van der Waals surface area contributed by atoms with Crippen molar-refractivity contribution in [2.24, 2.45) is 16.2 Å². The predicted octanol–water partition coefficient (Wildman–Crippen LogP) is 8.80. The Morgan fingerprint density at radius 1 is 0.382 bits per heavy atom. The lowest BCUT2D eigenvalue weighted by atomic mass is 9.83. The molecule has 3 rings (SSSR count). The SMILES string of the molecule is CCC(C)(C)C(=O)OCC(=O)OCC(=O)OC1(C)CCCCC1.CCC(C)(C)C(=O)OCCOCC(=O)OC1(C)CCCC1.CCC1(OC(=O)COC(=O)COC(=O)C(C)(C)CC)CCCCC1. The van der Waals surface area contributed by atoms with E-state index in [1.807, 2.05) is 55.4 Å². The lowest BCUT2D eigenvalue weighted by Gasteiger charge is -2.35. The molecule has 0 heterocycles. The summed E-state index contributed by atoms with van der Waals surface area (Å²) in [5.74, 6) is -4.13. The molecule has 0 aliphatic heterocycles. The van der Waals surface area contributed by atoms with E-state index in [1.165, 1.54) is 0 Å². The summed E-state index contributed by atoms with van der Waals surface area (Å²) in [6, 6.07) is 0. The van der Waals surface area contributed by atoms with Gasteiger partial charge in [-0.2, -0.15) is 0 Å². The molecule has 3 aliphatic rings. The second-order valence-corrected chi connectivity index (χ2v) is 20.6. The van der Waals surface area contributed by atoms with Gasteiger partial charge in [-0.1, -0.05) is 40.5 Å². The molecule has 0 saturated heterocycles. The quantitative estimate of drug-likeness (QED) is 0.0530. The molecular formula is C51H86O17. The third-order valence-electron chi connectivity index (χ3n) is 13.4. The van der Waals surface area contributed by atoms with Crippen molar-refractivity contribution in [3.63, 3.8) is 0 Å². The van der Waals surface area contributed by atoms with Gasteiger partial charge in [0.15, 0.2) is 26.4 Å². The van der Waals surface area contributed by atoms with E-state index >= 15 is 0 Å². The van der Waals surface area contributed by atoms with Gasteiger partial charge in [-0.05, 0) is 158 Å². The van der Waals surface area contributed by atoms with Crippen molar-refractivity contribution >= 4 is 47.8 Å². The molecule has 3 fully saturated rings. The molecule has 0 aromatic heterocycles. The molecule has 0 bridgehead atoms. The van der Waals surface area contributed by atoms with Gasteiger partial charge >= 0.3 is 47.8 Å². The van der Waals surface area contributed by atoms with Crippen LogP contribution < -0.4 is 0 Å². The zero-order valence-corrected chi connectivity index (χ0v) is 43.6. The Hall–Kier alpha value is -4.28. The highest BCUT2D eigenvalue weighted by Gasteiger charge is 2.36. The minimum atomic E-state index is -0.754. The van der Waals surface area contributed by atoms with Crippen LogP contribution in [0.1, 0.15) is 199 Å². The Morgan fingerprint density at radius 3 is 1.09 bits per heavy atom. The van der Waals surface area contributed by atoms with Crippen LogP contribution in [0.25, 0.3) is 0 Å². The fraction of sp³-hybridized carbons (Fsp3) is 0.843. The van der Waals surface area contributed by atoms with Gasteiger partial charge < -0.3 is 42.6 Å². The number of rotatable bonds is 23. The summed E-state index contributed by atoms with van der Waals surface area (Å²) in [5.41, 5.74) is -2.96. The van der Waals surface area contributed by atoms with Crippen LogP contribution in [-0.4, -0.2) is 111 Å². The summed E-state index contributed by atoms with van der Waals surface area (Å²) in [4.78, 5) is 93.6. The fourth-order valence-corrected chi connectivity index (χ4v) is 7.21. The lowest BCUT2D eigenvalue weighted by Crippen LogP contribution is -2.38. The first-order chi connectivity index (χ1) is 31.7. The molecule has 0 radical (unpaired) electrons. The molecule has 17 nitrogen and oxygen atoms in total. The Kier molecular flexibility index (Phi) is 26.9. The Bertz CT molecular complexity index is 1610. The molecule has 0 N–H and O–H groups in total. The second-order valence-electron chi connectivity index (χ2n) is 20.6. The van der Waals surface area contributed by atoms with Crippen LogP contribution in [0.3, 0.4) is 0 Å². The summed E-state index contributed by atoms with van der Waals surface area (Å²) in [6.07, 6.45) is 16.6. The second kappa shape index (κ2) is 29.7. The first-order valence-corrected chi connectivity index (χ1v) is 24.8. The third kappa shape index (κ3) is 23.8. The molecule has 17 heteroatoms. The normalized spacial score (nSPS) is 17.2. The van der Waals surface area contributed by atoms with Crippen LogP contribution in [0.15, 0.2) is 0 Å².